The predicted molar refractivity (Wildman–Crippen MR) is 78.3 cm³/mol. The topological polar surface area (TPSA) is 58.6 Å². The van der Waals surface area contributed by atoms with Gasteiger partial charge in [0.15, 0.2) is 0 Å². The molecule has 0 spiro atoms. The Kier molecular flexibility index (Phi) is 6.31. The third-order valence-electron chi connectivity index (χ3n) is 3.12. The van der Waals surface area contributed by atoms with Crippen molar-refractivity contribution in [3.05, 3.63) is 28.2 Å². The fraction of sp³-hybridized carbons (Fsp3) is 0.500. The Bertz CT molecular complexity index is 437. The van der Waals surface area contributed by atoms with Crippen molar-refractivity contribution in [2.45, 2.75) is 26.3 Å². The summed E-state index contributed by atoms with van der Waals surface area (Å²) >= 11 is 3.38. The summed E-state index contributed by atoms with van der Waals surface area (Å²) in [6, 6.07) is 5.51. The number of methoxy groups -OCH3 is 1. The van der Waals surface area contributed by atoms with E-state index in [0.717, 1.165) is 10.0 Å². The van der Waals surface area contributed by atoms with E-state index in [2.05, 4.69) is 21.2 Å². The number of aliphatic hydroxyl groups is 1. The van der Waals surface area contributed by atoms with Gasteiger partial charge >= 0.3 is 0 Å². The summed E-state index contributed by atoms with van der Waals surface area (Å²) in [6.07, 6.45) is 0.255. The molecule has 1 aromatic rings. The Labute approximate surface area is 122 Å². The quantitative estimate of drug-likeness (QED) is 0.840. The highest BCUT2D eigenvalue weighted by atomic mass is 79.9. The van der Waals surface area contributed by atoms with Crippen molar-refractivity contribution < 1.29 is 14.6 Å². The average molecular weight is 330 g/mol. The molecule has 0 aromatic heterocycles. The van der Waals surface area contributed by atoms with Crippen LogP contribution in [0, 0.1) is 5.92 Å². The maximum Gasteiger partial charge on any atom is 0.224 e. The van der Waals surface area contributed by atoms with E-state index in [0.29, 0.717) is 5.75 Å². The molecule has 0 saturated carbocycles. The number of ether oxygens (including phenoxy) is 1. The highest BCUT2D eigenvalue weighted by Gasteiger charge is 2.15. The van der Waals surface area contributed by atoms with E-state index in [1.807, 2.05) is 32.0 Å². The van der Waals surface area contributed by atoms with Gasteiger partial charge in [0.05, 0.1) is 13.5 Å². The first-order valence-electron chi connectivity index (χ1n) is 6.20. The Hall–Kier alpha value is -1.07. The van der Waals surface area contributed by atoms with Crippen LogP contribution in [0.15, 0.2) is 22.7 Å². The van der Waals surface area contributed by atoms with Crippen LogP contribution in [0.3, 0.4) is 0 Å². The first-order chi connectivity index (χ1) is 8.97. The van der Waals surface area contributed by atoms with E-state index in [1.165, 1.54) is 0 Å². The first kappa shape index (κ1) is 16.0. The normalized spacial score (nSPS) is 13.7. The van der Waals surface area contributed by atoms with Crippen LogP contribution in [0.4, 0.5) is 0 Å². The summed E-state index contributed by atoms with van der Waals surface area (Å²) in [6.45, 7) is 3.84. The SMILES string of the molecule is COc1ccc(Br)cc1CC(=O)NC(C)C(C)CO. The Morgan fingerprint density at radius 3 is 2.74 bits per heavy atom. The van der Waals surface area contributed by atoms with Gasteiger partial charge in [-0.1, -0.05) is 22.9 Å². The van der Waals surface area contributed by atoms with E-state index in [4.69, 9.17) is 9.84 Å². The minimum Gasteiger partial charge on any atom is -0.496 e. The number of hydrogen-bond acceptors (Lipinski definition) is 3. The van der Waals surface area contributed by atoms with Gasteiger partial charge in [0.25, 0.3) is 0 Å². The zero-order chi connectivity index (χ0) is 14.4. The van der Waals surface area contributed by atoms with Gasteiger partial charge in [-0.05, 0) is 31.0 Å². The number of benzene rings is 1. The van der Waals surface area contributed by atoms with E-state index in [9.17, 15) is 4.79 Å². The lowest BCUT2D eigenvalue weighted by Crippen LogP contribution is -2.39. The van der Waals surface area contributed by atoms with Crippen LogP contribution in [0.2, 0.25) is 0 Å². The van der Waals surface area contributed by atoms with Gasteiger partial charge in [0.1, 0.15) is 5.75 Å². The van der Waals surface area contributed by atoms with Crippen LogP contribution in [0.25, 0.3) is 0 Å². The van der Waals surface area contributed by atoms with Crippen LogP contribution < -0.4 is 10.1 Å². The Balaban J connectivity index is 2.69. The van der Waals surface area contributed by atoms with Crippen molar-refractivity contribution in [1.29, 1.82) is 0 Å². The van der Waals surface area contributed by atoms with Gasteiger partial charge in [0.2, 0.25) is 5.91 Å². The number of nitrogens with one attached hydrogen (secondary N) is 1. The van der Waals surface area contributed by atoms with Crippen LogP contribution in [-0.4, -0.2) is 30.8 Å². The van der Waals surface area contributed by atoms with Crippen molar-refractivity contribution in [2.24, 2.45) is 5.92 Å². The second-order valence-electron chi connectivity index (χ2n) is 4.65. The second kappa shape index (κ2) is 7.50. The van der Waals surface area contributed by atoms with Crippen LogP contribution >= 0.6 is 15.9 Å². The molecule has 1 rings (SSSR count). The monoisotopic (exact) mass is 329 g/mol. The lowest BCUT2D eigenvalue weighted by atomic mass is 10.0. The summed E-state index contributed by atoms with van der Waals surface area (Å²) in [5.74, 6) is 0.652. The van der Waals surface area contributed by atoms with Crippen LogP contribution in [0.1, 0.15) is 19.4 Å². The molecule has 0 fully saturated rings. The second-order valence-corrected chi connectivity index (χ2v) is 5.56. The molecule has 0 aliphatic heterocycles. The minimum absolute atomic E-state index is 0.0355. The van der Waals surface area contributed by atoms with E-state index in [1.54, 1.807) is 7.11 Å². The molecule has 0 heterocycles. The number of carbonyl (C=O) groups excluding carboxylic acids is 1. The molecule has 0 aliphatic rings. The zero-order valence-corrected chi connectivity index (χ0v) is 13.0. The van der Waals surface area contributed by atoms with Crippen molar-refractivity contribution in [1.82, 2.24) is 5.32 Å². The molecule has 1 aromatic carbocycles. The molecular formula is C14H20BrNO3. The van der Waals surface area contributed by atoms with Gasteiger partial charge < -0.3 is 15.2 Å². The highest BCUT2D eigenvalue weighted by molar-refractivity contribution is 9.10. The number of carbonyl (C=O) groups is 1. The predicted octanol–water partition coefficient (Wildman–Crippen LogP) is 2.13. The molecule has 5 heteroatoms. The summed E-state index contributed by atoms with van der Waals surface area (Å²) in [4.78, 5) is 12.0. The van der Waals surface area contributed by atoms with Crippen molar-refractivity contribution in [3.63, 3.8) is 0 Å². The zero-order valence-electron chi connectivity index (χ0n) is 11.4. The molecule has 0 saturated heterocycles. The lowest BCUT2D eigenvalue weighted by Gasteiger charge is -2.19. The summed E-state index contributed by atoms with van der Waals surface area (Å²) in [5.41, 5.74) is 0.832. The van der Waals surface area contributed by atoms with Crippen molar-refractivity contribution >= 4 is 21.8 Å². The summed E-state index contributed by atoms with van der Waals surface area (Å²) in [5, 5.41) is 11.9. The highest BCUT2D eigenvalue weighted by Crippen LogP contribution is 2.23. The molecule has 0 aliphatic carbocycles. The Morgan fingerprint density at radius 2 is 2.16 bits per heavy atom. The maximum atomic E-state index is 12.0. The molecule has 4 nitrogen and oxygen atoms in total. The maximum absolute atomic E-state index is 12.0. The lowest BCUT2D eigenvalue weighted by molar-refractivity contribution is -0.121. The molecular weight excluding hydrogens is 310 g/mol. The third-order valence-corrected chi connectivity index (χ3v) is 3.62. The molecule has 19 heavy (non-hydrogen) atoms. The fourth-order valence-electron chi connectivity index (χ4n) is 1.66. The van der Waals surface area contributed by atoms with E-state index in [-0.39, 0.29) is 30.9 Å². The molecule has 2 atom stereocenters. The van der Waals surface area contributed by atoms with Crippen LogP contribution in [-0.2, 0) is 11.2 Å². The number of halogens is 1. The largest absolute Gasteiger partial charge is 0.496 e. The molecule has 1 amide bonds. The molecule has 106 valence electrons. The number of amides is 1. The average Bonchev–Trinajstić information content (AvgIpc) is 2.37. The van der Waals surface area contributed by atoms with E-state index >= 15 is 0 Å². The summed E-state index contributed by atoms with van der Waals surface area (Å²) < 4.78 is 6.14. The first-order valence-corrected chi connectivity index (χ1v) is 6.99. The van der Waals surface area contributed by atoms with Gasteiger partial charge in [0, 0.05) is 22.7 Å². The van der Waals surface area contributed by atoms with E-state index < -0.39 is 0 Å². The summed E-state index contributed by atoms with van der Waals surface area (Å²) in [7, 11) is 1.58. The smallest absolute Gasteiger partial charge is 0.224 e. The third kappa shape index (κ3) is 4.84. The number of aliphatic hydroxyl groups excluding tert-OH is 1. The number of rotatable bonds is 6. The molecule has 0 radical (unpaired) electrons. The van der Waals surface area contributed by atoms with Gasteiger partial charge in [-0.3, -0.25) is 4.79 Å². The number of hydrogen-bond donors (Lipinski definition) is 2. The standard InChI is InChI=1S/C14H20BrNO3/c1-9(8-17)10(2)16-14(18)7-11-6-12(15)4-5-13(11)19-3/h4-6,9-10,17H,7-8H2,1-3H3,(H,16,18). The molecule has 0 bridgehead atoms. The van der Waals surface area contributed by atoms with Gasteiger partial charge in [-0.15, -0.1) is 0 Å². The van der Waals surface area contributed by atoms with Crippen LogP contribution in [0.5, 0.6) is 5.75 Å². The van der Waals surface area contributed by atoms with Gasteiger partial charge in [-0.2, -0.15) is 0 Å². The van der Waals surface area contributed by atoms with Crippen molar-refractivity contribution in [3.8, 4) is 5.75 Å². The van der Waals surface area contributed by atoms with Gasteiger partial charge in [-0.25, -0.2) is 0 Å². The van der Waals surface area contributed by atoms with Crippen molar-refractivity contribution in [2.75, 3.05) is 13.7 Å². The minimum atomic E-state index is -0.0794. The molecule has 2 unspecified atom stereocenters. The Morgan fingerprint density at radius 1 is 1.47 bits per heavy atom. The fourth-order valence-corrected chi connectivity index (χ4v) is 2.07. The molecule has 2 N–H and O–H groups in total.